The van der Waals surface area contributed by atoms with Crippen molar-refractivity contribution >= 4 is 22.4 Å². The molecular weight excluding hydrogens is 248 g/mol. The smallest absolute Gasteiger partial charge is 0.236 e. The van der Waals surface area contributed by atoms with Gasteiger partial charge in [0.2, 0.25) is 5.91 Å². The zero-order valence-corrected chi connectivity index (χ0v) is 11.6. The third-order valence-corrected chi connectivity index (χ3v) is 3.95. The summed E-state index contributed by atoms with van der Waals surface area (Å²) in [5.41, 5.74) is 7.16. The van der Waals surface area contributed by atoms with Crippen molar-refractivity contribution in [2.45, 2.75) is 20.4 Å². The lowest BCUT2D eigenvalue weighted by atomic mass is 10.2. The fourth-order valence-corrected chi connectivity index (χ4v) is 2.81. The largest absolute Gasteiger partial charge is 0.326 e. The molecule has 0 aromatic heterocycles. The Morgan fingerprint density at radius 1 is 1.39 bits per heavy atom. The average molecular weight is 268 g/mol. The lowest BCUT2D eigenvalue weighted by molar-refractivity contribution is -0.113. The second-order valence-corrected chi connectivity index (χ2v) is 6.06. The molecule has 0 fully saturated rings. The van der Waals surface area contributed by atoms with Crippen molar-refractivity contribution in [1.82, 2.24) is 0 Å². The lowest BCUT2D eigenvalue weighted by Crippen LogP contribution is -2.23. The summed E-state index contributed by atoms with van der Waals surface area (Å²) in [4.78, 5) is 11.7. The predicted octanol–water partition coefficient (Wildman–Crippen LogP) is 1.49. The van der Waals surface area contributed by atoms with Crippen LogP contribution < -0.4 is 11.1 Å². The average Bonchev–Trinajstić information content (AvgIpc) is 2.28. The van der Waals surface area contributed by atoms with Crippen LogP contribution in [0.2, 0.25) is 0 Å². The molecule has 0 heterocycles. The summed E-state index contributed by atoms with van der Waals surface area (Å²) in [5, 5.41) is 2.75. The first-order valence-electron chi connectivity index (χ1n) is 5.95. The van der Waals surface area contributed by atoms with Gasteiger partial charge in [0, 0.05) is 28.8 Å². The number of amides is 1. The summed E-state index contributed by atoms with van der Waals surface area (Å²) in [6, 6.07) is 7.36. The third kappa shape index (κ3) is 4.98. The monoisotopic (exact) mass is 268 g/mol. The van der Waals surface area contributed by atoms with Crippen LogP contribution in [0, 0.1) is 5.92 Å². The highest BCUT2D eigenvalue weighted by Gasteiger charge is 2.11. The minimum Gasteiger partial charge on any atom is -0.326 e. The van der Waals surface area contributed by atoms with Crippen LogP contribution in [0.15, 0.2) is 24.3 Å². The second-order valence-electron chi connectivity index (χ2n) is 4.55. The minimum atomic E-state index is -1.11. The molecule has 0 saturated carbocycles. The normalized spacial score (nSPS) is 12.4. The Hall–Kier alpha value is -1.20. The number of nitrogens with two attached hydrogens (primary N) is 1. The summed E-state index contributed by atoms with van der Waals surface area (Å²) in [5.74, 6) is 0.688. The number of hydrogen-bond donors (Lipinski definition) is 2. The molecule has 5 heteroatoms. The van der Waals surface area contributed by atoms with Crippen LogP contribution in [0.5, 0.6) is 0 Å². The SMILES string of the molecule is CC(C)CS(=O)CC(=O)Nc1ccccc1CN. The molecule has 1 rings (SSSR count). The molecule has 100 valence electrons. The number of benzene rings is 1. The third-order valence-electron chi connectivity index (χ3n) is 2.32. The van der Waals surface area contributed by atoms with Crippen LogP contribution in [0.4, 0.5) is 5.69 Å². The zero-order valence-electron chi connectivity index (χ0n) is 10.8. The first kappa shape index (κ1) is 14.9. The van der Waals surface area contributed by atoms with Crippen LogP contribution in [-0.4, -0.2) is 21.6 Å². The van der Waals surface area contributed by atoms with Crippen molar-refractivity contribution in [2.24, 2.45) is 11.7 Å². The van der Waals surface area contributed by atoms with Gasteiger partial charge in [-0.2, -0.15) is 0 Å². The van der Waals surface area contributed by atoms with Gasteiger partial charge < -0.3 is 11.1 Å². The molecule has 4 nitrogen and oxygen atoms in total. The second kappa shape index (κ2) is 7.28. The number of carbonyl (C=O) groups is 1. The molecule has 3 N–H and O–H groups in total. The van der Waals surface area contributed by atoms with Crippen LogP contribution in [0.3, 0.4) is 0 Å². The molecule has 0 aliphatic rings. The van der Waals surface area contributed by atoms with Crippen molar-refractivity contribution in [3.63, 3.8) is 0 Å². The maximum atomic E-state index is 11.7. The Morgan fingerprint density at radius 3 is 2.67 bits per heavy atom. The van der Waals surface area contributed by atoms with Gasteiger partial charge in [-0.15, -0.1) is 0 Å². The Bertz CT molecular complexity index is 433. The topological polar surface area (TPSA) is 72.2 Å². The van der Waals surface area contributed by atoms with Gasteiger partial charge in [0.25, 0.3) is 0 Å². The standard InChI is InChI=1S/C13H20N2O2S/c1-10(2)8-18(17)9-13(16)15-12-6-4-3-5-11(12)7-14/h3-6,10H,7-9,14H2,1-2H3,(H,15,16). The molecule has 0 spiro atoms. The van der Waals surface area contributed by atoms with Crippen LogP contribution in [-0.2, 0) is 22.1 Å². The predicted molar refractivity (Wildman–Crippen MR) is 75.7 cm³/mol. The highest BCUT2D eigenvalue weighted by atomic mass is 32.2. The van der Waals surface area contributed by atoms with Gasteiger partial charge in [0.1, 0.15) is 5.75 Å². The molecule has 0 aliphatic heterocycles. The summed E-state index contributed by atoms with van der Waals surface area (Å²) >= 11 is 0. The zero-order chi connectivity index (χ0) is 13.5. The van der Waals surface area contributed by atoms with E-state index in [0.717, 1.165) is 5.56 Å². The molecule has 0 saturated heterocycles. The van der Waals surface area contributed by atoms with Gasteiger partial charge in [0.05, 0.1) is 0 Å². The molecule has 1 amide bonds. The van der Waals surface area contributed by atoms with Gasteiger partial charge in [-0.3, -0.25) is 9.00 Å². The van der Waals surface area contributed by atoms with Gasteiger partial charge in [-0.25, -0.2) is 0 Å². The molecule has 1 atom stereocenters. The molecule has 1 aromatic carbocycles. The number of para-hydroxylation sites is 1. The van der Waals surface area contributed by atoms with Gasteiger partial charge in [-0.05, 0) is 17.5 Å². The number of anilines is 1. The van der Waals surface area contributed by atoms with E-state index < -0.39 is 10.8 Å². The van der Waals surface area contributed by atoms with Crippen molar-refractivity contribution in [3.05, 3.63) is 29.8 Å². The van der Waals surface area contributed by atoms with E-state index in [1.165, 1.54) is 0 Å². The van der Waals surface area contributed by atoms with E-state index in [2.05, 4.69) is 5.32 Å². The fraction of sp³-hybridized carbons (Fsp3) is 0.462. The quantitative estimate of drug-likeness (QED) is 0.821. The van der Waals surface area contributed by atoms with E-state index in [1.807, 2.05) is 32.0 Å². The Labute approximate surface area is 110 Å². The van der Waals surface area contributed by atoms with E-state index in [-0.39, 0.29) is 11.7 Å². The lowest BCUT2D eigenvalue weighted by Gasteiger charge is -2.10. The summed E-state index contributed by atoms with van der Waals surface area (Å²) < 4.78 is 11.6. The van der Waals surface area contributed by atoms with Gasteiger partial charge in [0.15, 0.2) is 0 Å². The first-order chi connectivity index (χ1) is 8.52. The summed E-state index contributed by atoms with van der Waals surface area (Å²) in [6.45, 7) is 4.34. The Kier molecular flexibility index (Phi) is 6.01. The van der Waals surface area contributed by atoms with Crippen LogP contribution in [0.25, 0.3) is 0 Å². The van der Waals surface area contributed by atoms with E-state index in [4.69, 9.17) is 5.73 Å². The molecule has 1 unspecified atom stereocenters. The highest BCUT2D eigenvalue weighted by Crippen LogP contribution is 2.13. The number of hydrogen-bond acceptors (Lipinski definition) is 3. The molecule has 0 radical (unpaired) electrons. The van der Waals surface area contributed by atoms with Crippen molar-refractivity contribution in [3.8, 4) is 0 Å². The van der Waals surface area contributed by atoms with Gasteiger partial charge in [-0.1, -0.05) is 32.0 Å². The van der Waals surface area contributed by atoms with Crippen molar-refractivity contribution in [2.75, 3.05) is 16.8 Å². The van der Waals surface area contributed by atoms with Crippen molar-refractivity contribution < 1.29 is 9.00 Å². The number of nitrogens with one attached hydrogen (secondary N) is 1. The van der Waals surface area contributed by atoms with Gasteiger partial charge >= 0.3 is 0 Å². The molecule has 18 heavy (non-hydrogen) atoms. The molecule has 0 aliphatic carbocycles. The minimum absolute atomic E-state index is 0.0388. The molecular formula is C13H20N2O2S. The Balaban J connectivity index is 2.57. The van der Waals surface area contributed by atoms with E-state index in [0.29, 0.717) is 23.9 Å². The highest BCUT2D eigenvalue weighted by molar-refractivity contribution is 7.85. The Morgan fingerprint density at radius 2 is 2.06 bits per heavy atom. The fourth-order valence-electron chi connectivity index (χ4n) is 1.58. The van der Waals surface area contributed by atoms with E-state index >= 15 is 0 Å². The van der Waals surface area contributed by atoms with Crippen LogP contribution >= 0.6 is 0 Å². The summed E-state index contributed by atoms with van der Waals surface area (Å²) in [7, 11) is -1.11. The molecule has 0 bridgehead atoms. The number of carbonyl (C=O) groups excluding carboxylic acids is 1. The van der Waals surface area contributed by atoms with E-state index in [9.17, 15) is 9.00 Å². The maximum Gasteiger partial charge on any atom is 0.236 e. The van der Waals surface area contributed by atoms with Crippen LogP contribution in [0.1, 0.15) is 19.4 Å². The first-order valence-corrected chi connectivity index (χ1v) is 7.44. The number of rotatable bonds is 6. The van der Waals surface area contributed by atoms with E-state index in [1.54, 1.807) is 6.07 Å². The van der Waals surface area contributed by atoms with Crippen molar-refractivity contribution in [1.29, 1.82) is 0 Å². The summed E-state index contributed by atoms with van der Waals surface area (Å²) in [6.07, 6.45) is 0. The molecule has 1 aromatic rings. The maximum absolute atomic E-state index is 11.7.